The molecule has 2 aromatic rings. The molecular weight excluding hydrogens is 304 g/mol. The molecule has 0 unspecified atom stereocenters. The molecule has 1 heterocycles. The second-order valence-electron chi connectivity index (χ2n) is 5.58. The van der Waals surface area contributed by atoms with Crippen molar-refractivity contribution in [3.63, 3.8) is 0 Å². The number of amides is 1. The van der Waals surface area contributed by atoms with Crippen molar-refractivity contribution in [2.24, 2.45) is 0 Å². The van der Waals surface area contributed by atoms with Crippen molar-refractivity contribution in [3.8, 4) is 6.07 Å². The fourth-order valence-electron chi connectivity index (χ4n) is 2.61. The maximum absolute atomic E-state index is 12.1. The first-order chi connectivity index (χ1) is 11.7. The van der Waals surface area contributed by atoms with Crippen LogP contribution < -0.4 is 4.90 Å². The van der Waals surface area contributed by atoms with Crippen LogP contribution in [-0.2, 0) is 16.1 Å². The fourth-order valence-corrected chi connectivity index (χ4v) is 2.61. The number of anilines is 1. The van der Waals surface area contributed by atoms with Crippen LogP contribution >= 0.6 is 0 Å². The summed E-state index contributed by atoms with van der Waals surface area (Å²) in [6, 6.07) is 15.8. The number of ether oxygens (including phenoxy) is 1. The molecule has 0 aliphatic carbocycles. The Bertz CT molecular complexity index is 789. The second kappa shape index (κ2) is 6.97. The van der Waals surface area contributed by atoms with Crippen LogP contribution in [0.15, 0.2) is 48.5 Å². The predicted octanol–water partition coefficient (Wildman–Crippen LogP) is 3.04. The Hall–Kier alpha value is -3.13. The molecule has 0 N–H and O–H groups in total. The van der Waals surface area contributed by atoms with E-state index in [-0.39, 0.29) is 12.5 Å². The molecule has 0 aromatic heterocycles. The van der Waals surface area contributed by atoms with Gasteiger partial charge in [0.2, 0.25) is 5.91 Å². The van der Waals surface area contributed by atoms with Gasteiger partial charge in [-0.15, -0.1) is 0 Å². The Balaban J connectivity index is 1.60. The Morgan fingerprint density at radius 3 is 2.42 bits per heavy atom. The van der Waals surface area contributed by atoms with Crippen molar-refractivity contribution in [2.75, 3.05) is 11.4 Å². The molecule has 0 atom stereocenters. The molecule has 24 heavy (non-hydrogen) atoms. The standard InChI is InChI=1S/C19H16N2O3/c20-12-14-3-5-15(6-4-14)13-24-19(23)16-7-9-17(10-8-16)21-11-1-2-18(21)22/h3-10H,1-2,11,13H2. The summed E-state index contributed by atoms with van der Waals surface area (Å²) in [5.74, 6) is -0.301. The summed E-state index contributed by atoms with van der Waals surface area (Å²) in [4.78, 5) is 25.5. The minimum Gasteiger partial charge on any atom is -0.457 e. The summed E-state index contributed by atoms with van der Waals surface area (Å²) in [5, 5.41) is 8.75. The van der Waals surface area contributed by atoms with E-state index in [1.807, 2.05) is 6.07 Å². The first-order valence-electron chi connectivity index (χ1n) is 7.74. The molecule has 2 aromatic carbocycles. The van der Waals surface area contributed by atoms with Crippen molar-refractivity contribution >= 4 is 17.6 Å². The summed E-state index contributed by atoms with van der Waals surface area (Å²) < 4.78 is 5.27. The van der Waals surface area contributed by atoms with Crippen LogP contribution in [0, 0.1) is 11.3 Å². The smallest absolute Gasteiger partial charge is 0.338 e. The minimum absolute atomic E-state index is 0.117. The number of esters is 1. The number of carbonyl (C=O) groups is 2. The van der Waals surface area contributed by atoms with Crippen LogP contribution in [0.1, 0.15) is 34.3 Å². The Morgan fingerprint density at radius 1 is 1.12 bits per heavy atom. The number of nitriles is 1. The first kappa shape index (κ1) is 15.8. The van der Waals surface area contributed by atoms with Crippen molar-refractivity contribution in [1.82, 2.24) is 0 Å². The van der Waals surface area contributed by atoms with E-state index >= 15 is 0 Å². The van der Waals surface area contributed by atoms with E-state index in [0.717, 1.165) is 24.2 Å². The van der Waals surface area contributed by atoms with Gasteiger partial charge in [-0.2, -0.15) is 5.26 Å². The van der Waals surface area contributed by atoms with Gasteiger partial charge in [-0.05, 0) is 48.4 Å². The first-order valence-corrected chi connectivity index (χ1v) is 7.74. The molecule has 5 nitrogen and oxygen atoms in total. The van der Waals surface area contributed by atoms with Crippen LogP contribution in [-0.4, -0.2) is 18.4 Å². The van der Waals surface area contributed by atoms with E-state index in [2.05, 4.69) is 0 Å². The molecule has 0 radical (unpaired) electrons. The summed E-state index contributed by atoms with van der Waals surface area (Å²) in [7, 11) is 0. The third-order valence-corrected chi connectivity index (χ3v) is 3.94. The van der Waals surface area contributed by atoms with Gasteiger partial charge in [0.15, 0.2) is 0 Å². The lowest BCUT2D eigenvalue weighted by atomic mass is 10.1. The lowest BCUT2D eigenvalue weighted by Crippen LogP contribution is -2.23. The molecule has 1 saturated heterocycles. The van der Waals surface area contributed by atoms with Gasteiger partial charge in [0.25, 0.3) is 0 Å². The monoisotopic (exact) mass is 320 g/mol. The molecule has 0 saturated carbocycles. The van der Waals surface area contributed by atoms with E-state index in [1.165, 1.54) is 0 Å². The molecule has 1 aliphatic heterocycles. The largest absolute Gasteiger partial charge is 0.457 e. The SMILES string of the molecule is N#Cc1ccc(COC(=O)c2ccc(N3CCCC3=O)cc2)cc1. The molecule has 1 amide bonds. The Labute approximate surface area is 140 Å². The van der Waals surface area contributed by atoms with E-state index in [4.69, 9.17) is 10.00 Å². The molecule has 0 spiro atoms. The van der Waals surface area contributed by atoms with Crippen LogP contribution in [0.2, 0.25) is 0 Å². The molecule has 5 heteroatoms. The van der Waals surface area contributed by atoms with Crippen LogP contribution in [0.3, 0.4) is 0 Å². The molecule has 1 aliphatic rings. The Kier molecular flexibility index (Phi) is 4.57. The lowest BCUT2D eigenvalue weighted by Gasteiger charge is -2.15. The third-order valence-electron chi connectivity index (χ3n) is 3.94. The maximum atomic E-state index is 12.1. The van der Waals surface area contributed by atoms with E-state index in [1.54, 1.807) is 53.4 Å². The molecule has 1 fully saturated rings. The van der Waals surface area contributed by atoms with Crippen LogP contribution in [0.25, 0.3) is 0 Å². The maximum Gasteiger partial charge on any atom is 0.338 e. The number of hydrogen-bond donors (Lipinski definition) is 0. The zero-order chi connectivity index (χ0) is 16.9. The fraction of sp³-hybridized carbons (Fsp3) is 0.211. The molecule has 120 valence electrons. The van der Waals surface area contributed by atoms with Gasteiger partial charge >= 0.3 is 5.97 Å². The summed E-state index contributed by atoms with van der Waals surface area (Å²) in [6.07, 6.45) is 1.45. The van der Waals surface area contributed by atoms with Crippen molar-refractivity contribution in [1.29, 1.82) is 5.26 Å². The number of rotatable bonds is 4. The number of nitrogens with zero attached hydrogens (tertiary/aromatic N) is 2. The van der Waals surface area contributed by atoms with E-state index in [0.29, 0.717) is 17.5 Å². The summed E-state index contributed by atoms with van der Waals surface area (Å²) >= 11 is 0. The van der Waals surface area contributed by atoms with E-state index < -0.39 is 5.97 Å². The highest BCUT2D eigenvalue weighted by Crippen LogP contribution is 2.22. The van der Waals surface area contributed by atoms with Crippen LogP contribution in [0.4, 0.5) is 5.69 Å². The number of benzene rings is 2. The highest BCUT2D eigenvalue weighted by molar-refractivity contribution is 5.96. The molecule has 3 rings (SSSR count). The van der Waals surface area contributed by atoms with Gasteiger partial charge in [0, 0.05) is 18.7 Å². The van der Waals surface area contributed by atoms with Gasteiger partial charge in [-0.1, -0.05) is 12.1 Å². The summed E-state index contributed by atoms with van der Waals surface area (Å²) in [6.45, 7) is 0.873. The molecule has 0 bridgehead atoms. The zero-order valence-corrected chi connectivity index (χ0v) is 13.1. The van der Waals surface area contributed by atoms with Gasteiger partial charge in [-0.25, -0.2) is 4.79 Å². The van der Waals surface area contributed by atoms with Gasteiger partial charge in [0.1, 0.15) is 6.61 Å². The van der Waals surface area contributed by atoms with Gasteiger partial charge < -0.3 is 9.64 Å². The van der Waals surface area contributed by atoms with E-state index in [9.17, 15) is 9.59 Å². The minimum atomic E-state index is -0.418. The van der Waals surface area contributed by atoms with Gasteiger partial charge in [-0.3, -0.25) is 4.79 Å². The predicted molar refractivity (Wildman–Crippen MR) is 88.3 cm³/mol. The van der Waals surface area contributed by atoms with Crippen molar-refractivity contribution < 1.29 is 14.3 Å². The highest BCUT2D eigenvalue weighted by atomic mass is 16.5. The molecular formula is C19H16N2O3. The van der Waals surface area contributed by atoms with Gasteiger partial charge in [0.05, 0.1) is 17.2 Å². The lowest BCUT2D eigenvalue weighted by molar-refractivity contribution is -0.117. The quantitative estimate of drug-likeness (QED) is 0.812. The average molecular weight is 320 g/mol. The topological polar surface area (TPSA) is 70.4 Å². The zero-order valence-electron chi connectivity index (χ0n) is 13.1. The Morgan fingerprint density at radius 2 is 1.83 bits per heavy atom. The highest BCUT2D eigenvalue weighted by Gasteiger charge is 2.21. The van der Waals surface area contributed by atoms with Crippen molar-refractivity contribution in [2.45, 2.75) is 19.4 Å². The number of hydrogen-bond acceptors (Lipinski definition) is 4. The third kappa shape index (κ3) is 3.44. The average Bonchev–Trinajstić information content (AvgIpc) is 3.06. The van der Waals surface area contributed by atoms with Crippen molar-refractivity contribution in [3.05, 3.63) is 65.2 Å². The van der Waals surface area contributed by atoms with Crippen LogP contribution in [0.5, 0.6) is 0 Å². The normalized spacial score (nSPS) is 13.6. The number of carbonyl (C=O) groups excluding carboxylic acids is 2. The summed E-state index contributed by atoms with van der Waals surface area (Å²) in [5.41, 5.74) is 2.64. The second-order valence-corrected chi connectivity index (χ2v) is 5.58.